The number of hydrogen-bond acceptors (Lipinski definition) is 15. The number of benzene rings is 4. The molecule has 0 bridgehead atoms. The minimum Gasteiger partial charge on any atom is -0.459 e. The van der Waals surface area contributed by atoms with Crippen LogP contribution in [-0.4, -0.2) is 122 Å². The van der Waals surface area contributed by atoms with E-state index in [4.69, 9.17) is 37.9 Å². The largest absolute Gasteiger partial charge is 0.459 e. The molecule has 2 heterocycles. The van der Waals surface area contributed by atoms with Gasteiger partial charge in [0, 0.05) is 14.0 Å². The molecule has 0 saturated carbocycles. The Morgan fingerprint density at radius 1 is 0.576 bits per heavy atom. The van der Waals surface area contributed by atoms with Gasteiger partial charge in [0.1, 0.15) is 37.1 Å². The van der Waals surface area contributed by atoms with Crippen LogP contribution in [0.25, 0.3) is 0 Å². The molecule has 1 amide bonds. The summed E-state index contributed by atoms with van der Waals surface area (Å²) < 4.78 is 47.9. The van der Waals surface area contributed by atoms with Crippen molar-refractivity contribution in [3.8, 4) is 0 Å². The first kappa shape index (κ1) is 42.6. The zero-order chi connectivity index (χ0) is 41.9. The molecular weight excluding hydrogens is 770 g/mol. The second-order valence-electron chi connectivity index (χ2n) is 13.5. The predicted molar refractivity (Wildman–Crippen MR) is 204 cm³/mol. The Morgan fingerprint density at radius 2 is 1.00 bits per heavy atom. The SMILES string of the molecule is CO[C@H]1O[C@H](CO)[C@H](O)[C@H](O[C@@H]2O[C@H](COC(=O)c3ccccc3)[C@H](OC(=O)c3ccccc3)[C@H](OC(=O)c3ccccc3)[C@H]2OC(=O)c2ccccc2)[C@H]1NC(C)=O. The number of carbonyl (C=O) groups is 5. The van der Waals surface area contributed by atoms with Crippen LogP contribution in [0.15, 0.2) is 121 Å². The molecule has 0 unspecified atom stereocenters. The second kappa shape index (κ2) is 20.1. The lowest BCUT2D eigenvalue weighted by molar-refractivity contribution is -0.341. The normalized spacial score (nSPS) is 26.4. The van der Waals surface area contributed by atoms with Gasteiger partial charge >= 0.3 is 23.9 Å². The van der Waals surface area contributed by atoms with Crippen molar-refractivity contribution < 1.29 is 72.1 Å². The van der Waals surface area contributed by atoms with Crippen LogP contribution < -0.4 is 5.32 Å². The molecule has 6 rings (SSSR count). The smallest absolute Gasteiger partial charge is 0.338 e. The highest BCUT2D eigenvalue weighted by Crippen LogP contribution is 2.35. The fourth-order valence-corrected chi connectivity index (χ4v) is 6.61. The van der Waals surface area contributed by atoms with Crippen LogP contribution in [0.2, 0.25) is 0 Å². The van der Waals surface area contributed by atoms with E-state index in [0.717, 1.165) is 0 Å². The van der Waals surface area contributed by atoms with E-state index in [0.29, 0.717) is 0 Å². The van der Waals surface area contributed by atoms with Gasteiger partial charge in [0.05, 0.1) is 28.9 Å². The lowest BCUT2D eigenvalue weighted by atomic mass is 9.95. The van der Waals surface area contributed by atoms with E-state index in [1.165, 1.54) is 62.6 Å². The summed E-state index contributed by atoms with van der Waals surface area (Å²) in [4.78, 5) is 67.4. The lowest BCUT2D eigenvalue weighted by Gasteiger charge is -2.48. The van der Waals surface area contributed by atoms with Crippen molar-refractivity contribution in [3.05, 3.63) is 144 Å². The van der Waals surface area contributed by atoms with Crippen molar-refractivity contribution >= 4 is 29.8 Å². The summed E-state index contributed by atoms with van der Waals surface area (Å²) >= 11 is 0. The van der Waals surface area contributed by atoms with E-state index in [9.17, 15) is 34.2 Å². The molecule has 2 aliphatic rings. The summed E-state index contributed by atoms with van der Waals surface area (Å²) in [5.41, 5.74) is 0.419. The Hall–Kier alpha value is -6.01. The Kier molecular flexibility index (Phi) is 14.5. The number of carbonyl (C=O) groups excluding carboxylic acids is 5. The third kappa shape index (κ3) is 10.5. The zero-order valence-electron chi connectivity index (χ0n) is 31.9. The van der Waals surface area contributed by atoms with Gasteiger partial charge in [0.25, 0.3) is 0 Å². The first-order valence-corrected chi connectivity index (χ1v) is 18.6. The molecule has 16 nitrogen and oxygen atoms in total. The van der Waals surface area contributed by atoms with Gasteiger partial charge in [-0.3, -0.25) is 4.79 Å². The summed E-state index contributed by atoms with van der Waals surface area (Å²) in [6.45, 7) is -0.138. The second-order valence-corrected chi connectivity index (χ2v) is 13.5. The lowest BCUT2D eigenvalue weighted by Crippen LogP contribution is -2.68. The van der Waals surface area contributed by atoms with Crippen LogP contribution in [0.3, 0.4) is 0 Å². The van der Waals surface area contributed by atoms with Gasteiger partial charge in [-0.2, -0.15) is 0 Å². The third-order valence-electron chi connectivity index (χ3n) is 9.48. The molecule has 0 aliphatic carbocycles. The van der Waals surface area contributed by atoms with Crippen LogP contribution in [-0.2, 0) is 42.7 Å². The summed E-state index contributed by atoms with van der Waals surface area (Å²) in [7, 11) is 1.27. The van der Waals surface area contributed by atoms with E-state index < -0.39 is 104 Å². The molecule has 0 spiro atoms. The molecule has 3 N–H and O–H groups in total. The molecule has 10 atom stereocenters. The molecule has 2 fully saturated rings. The van der Waals surface area contributed by atoms with E-state index >= 15 is 0 Å². The van der Waals surface area contributed by atoms with Gasteiger partial charge in [-0.1, -0.05) is 72.8 Å². The number of esters is 4. The first-order chi connectivity index (χ1) is 28.6. The topological polar surface area (TPSA) is 212 Å². The van der Waals surface area contributed by atoms with Gasteiger partial charge in [0.2, 0.25) is 5.91 Å². The predicted octanol–water partition coefficient (Wildman–Crippen LogP) is 2.86. The summed E-state index contributed by atoms with van der Waals surface area (Å²) in [5, 5.41) is 24.3. The van der Waals surface area contributed by atoms with E-state index in [2.05, 4.69) is 5.32 Å². The van der Waals surface area contributed by atoms with Crippen LogP contribution >= 0.6 is 0 Å². The third-order valence-corrected chi connectivity index (χ3v) is 9.48. The highest BCUT2D eigenvalue weighted by molar-refractivity contribution is 5.91. The molecule has 16 heteroatoms. The highest BCUT2D eigenvalue weighted by Gasteiger charge is 2.56. The highest BCUT2D eigenvalue weighted by atomic mass is 16.7. The van der Waals surface area contributed by atoms with Gasteiger partial charge in [0.15, 0.2) is 30.9 Å². The Balaban J connectivity index is 1.47. The van der Waals surface area contributed by atoms with E-state index in [1.807, 2.05) is 0 Å². The van der Waals surface area contributed by atoms with Crippen molar-refractivity contribution in [2.24, 2.45) is 0 Å². The first-order valence-electron chi connectivity index (χ1n) is 18.6. The molecular formula is C43H43NO15. The molecule has 2 saturated heterocycles. The van der Waals surface area contributed by atoms with Crippen molar-refractivity contribution in [3.63, 3.8) is 0 Å². The van der Waals surface area contributed by atoms with Gasteiger partial charge in [-0.05, 0) is 48.5 Å². The van der Waals surface area contributed by atoms with E-state index in [1.54, 1.807) is 72.8 Å². The molecule has 59 heavy (non-hydrogen) atoms. The van der Waals surface area contributed by atoms with Crippen molar-refractivity contribution in [1.82, 2.24) is 5.32 Å². The quantitative estimate of drug-likeness (QED) is 0.123. The summed E-state index contributed by atoms with van der Waals surface area (Å²) in [6.07, 6.45) is -14.4. The van der Waals surface area contributed by atoms with Crippen molar-refractivity contribution in [2.75, 3.05) is 20.3 Å². The van der Waals surface area contributed by atoms with Crippen molar-refractivity contribution in [1.29, 1.82) is 0 Å². The average molecular weight is 814 g/mol. The fraction of sp³-hybridized carbons (Fsp3) is 0.326. The summed E-state index contributed by atoms with van der Waals surface area (Å²) in [5.74, 6) is -4.13. The number of rotatable bonds is 14. The minimum absolute atomic E-state index is 0.0677. The van der Waals surface area contributed by atoms with Crippen LogP contribution in [0.4, 0.5) is 0 Å². The van der Waals surface area contributed by atoms with Crippen LogP contribution in [0.5, 0.6) is 0 Å². The van der Waals surface area contributed by atoms with Gasteiger partial charge in [-0.15, -0.1) is 0 Å². The number of hydrogen-bond donors (Lipinski definition) is 3. The molecule has 0 radical (unpaired) electrons. The maximum atomic E-state index is 13.9. The molecule has 2 aliphatic heterocycles. The fourth-order valence-electron chi connectivity index (χ4n) is 6.61. The number of aliphatic hydroxyl groups is 2. The van der Waals surface area contributed by atoms with Crippen LogP contribution in [0, 0.1) is 0 Å². The Morgan fingerprint density at radius 3 is 1.44 bits per heavy atom. The number of aliphatic hydroxyl groups excluding tert-OH is 2. The van der Waals surface area contributed by atoms with Gasteiger partial charge in [-0.25, -0.2) is 19.2 Å². The number of nitrogens with one attached hydrogen (secondary N) is 1. The van der Waals surface area contributed by atoms with E-state index in [-0.39, 0.29) is 22.3 Å². The Bertz CT molecular complexity index is 2020. The maximum absolute atomic E-state index is 13.9. The number of methoxy groups -OCH3 is 1. The monoisotopic (exact) mass is 813 g/mol. The van der Waals surface area contributed by atoms with Crippen molar-refractivity contribution in [2.45, 2.75) is 68.3 Å². The molecule has 0 aromatic heterocycles. The summed E-state index contributed by atoms with van der Waals surface area (Å²) in [6, 6.07) is 30.2. The van der Waals surface area contributed by atoms with Gasteiger partial charge < -0.3 is 53.4 Å². The number of amides is 1. The maximum Gasteiger partial charge on any atom is 0.338 e. The average Bonchev–Trinajstić information content (AvgIpc) is 3.26. The standard InChI is InChI=1S/C43H43NO15/c1-25(46)44-32-35(33(47)30(23-45)54-42(32)52-2)59-43-37(58-41(51)29-21-13-6-14-22-29)36(57-40(50)28-19-11-5-12-20-28)34(56-39(49)27-17-9-4-10-18-27)31(55-43)24-53-38(48)26-15-7-3-8-16-26/h3-22,30-37,42-43,45,47H,23-24H2,1-2H3,(H,44,46)/t30-,31-,32-,33+,34+,35-,36+,37-,42+,43+/m1/s1. The minimum atomic E-state index is -1.84. The zero-order valence-corrected chi connectivity index (χ0v) is 31.9. The molecule has 310 valence electrons. The number of ether oxygens (including phenoxy) is 8. The van der Waals surface area contributed by atoms with Crippen LogP contribution in [0.1, 0.15) is 48.4 Å². The molecule has 4 aromatic rings. The Labute approximate surface area is 338 Å². The molecule has 4 aromatic carbocycles.